The van der Waals surface area contributed by atoms with E-state index in [0.29, 0.717) is 24.7 Å². The van der Waals surface area contributed by atoms with Gasteiger partial charge in [-0.2, -0.15) is 5.10 Å². The Hall–Kier alpha value is -2.85. The Labute approximate surface area is 165 Å². The largest absolute Gasteiger partial charge is 0.440 e. The summed E-state index contributed by atoms with van der Waals surface area (Å²) in [4.78, 5) is 24.1. The van der Waals surface area contributed by atoms with Gasteiger partial charge >= 0.3 is 0 Å². The van der Waals surface area contributed by atoms with Gasteiger partial charge in [0.15, 0.2) is 5.88 Å². The predicted octanol–water partition coefficient (Wildman–Crippen LogP) is 2.41. The lowest BCUT2D eigenvalue weighted by Crippen LogP contribution is -2.35. The number of hydrogen-bond donors (Lipinski definition) is 1. The summed E-state index contributed by atoms with van der Waals surface area (Å²) >= 11 is 1.40. The van der Waals surface area contributed by atoms with Crippen molar-refractivity contribution in [3.05, 3.63) is 57.8 Å². The number of nitro groups is 1. The second-order valence-electron chi connectivity index (χ2n) is 5.98. The normalized spacial score (nSPS) is 14.4. The van der Waals surface area contributed by atoms with Crippen molar-refractivity contribution in [2.45, 2.75) is 5.75 Å². The third-order valence-corrected chi connectivity index (χ3v) is 4.97. The molecule has 0 saturated carbocycles. The number of carbonyl (C=O) groups is 1. The lowest BCUT2D eigenvalue weighted by molar-refractivity contribution is -0.384. The van der Waals surface area contributed by atoms with Gasteiger partial charge in [0, 0.05) is 37.0 Å². The van der Waals surface area contributed by atoms with Crippen LogP contribution in [0.25, 0.3) is 0 Å². The fourth-order valence-corrected chi connectivity index (χ4v) is 3.32. The standard InChI is InChI=1S/C18H20N4O5S/c23-17(13-28-12-14-1-3-15(4-2-14)22(24)25)20-19-11-16-5-6-18(27-16)21-7-9-26-10-8-21/h1-6,11H,7-10,12-13H2,(H,20,23)/b19-11-. The number of rotatable bonds is 8. The SMILES string of the molecule is O=C(CSCc1ccc([N+](=O)[O-])cc1)N/N=C\c1ccc(N2CCOCC2)o1. The molecule has 1 aliphatic rings. The summed E-state index contributed by atoms with van der Waals surface area (Å²) < 4.78 is 11.0. The number of nitrogens with zero attached hydrogens (tertiary/aromatic N) is 3. The number of morpholine rings is 1. The molecule has 9 nitrogen and oxygen atoms in total. The molecule has 3 rings (SSSR count). The highest BCUT2D eigenvalue weighted by molar-refractivity contribution is 7.99. The number of benzene rings is 1. The number of thioether (sulfide) groups is 1. The smallest absolute Gasteiger partial charge is 0.269 e. The van der Waals surface area contributed by atoms with Crippen LogP contribution in [0, 0.1) is 10.1 Å². The van der Waals surface area contributed by atoms with Crippen molar-refractivity contribution in [3.63, 3.8) is 0 Å². The van der Waals surface area contributed by atoms with E-state index in [1.807, 2.05) is 6.07 Å². The molecule has 1 fully saturated rings. The van der Waals surface area contributed by atoms with Crippen LogP contribution in [-0.2, 0) is 15.3 Å². The monoisotopic (exact) mass is 404 g/mol. The van der Waals surface area contributed by atoms with Crippen LogP contribution >= 0.6 is 11.8 Å². The summed E-state index contributed by atoms with van der Waals surface area (Å²) in [5.74, 6) is 1.89. The van der Waals surface area contributed by atoms with E-state index in [2.05, 4.69) is 15.4 Å². The molecule has 1 aliphatic heterocycles. The van der Waals surface area contributed by atoms with Crippen molar-refractivity contribution >= 4 is 35.5 Å². The van der Waals surface area contributed by atoms with Crippen LogP contribution in [0.3, 0.4) is 0 Å². The van der Waals surface area contributed by atoms with E-state index >= 15 is 0 Å². The van der Waals surface area contributed by atoms with Crippen LogP contribution in [0.15, 0.2) is 45.9 Å². The topological polar surface area (TPSA) is 110 Å². The lowest BCUT2D eigenvalue weighted by Gasteiger charge is -2.26. The van der Waals surface area contributed by atoms with Gasteiger partial charge in [-0.1, -0.05) is 12.1 Å². The zero-order chi connectivity index (χ0) is 19.8. The summed E-state index contributed by atoms with van der Waals surface area (Å²) in [5, 5.41) is 14.5. The van der Waals surface area contributed by atoms with Gasteiger partial charge in [0.1, 0.15) is 5.76 Å². The maximum absolute atomic E-state index is 11.8. The third-order valence-electron chi connectivity index (χ3n) is 3.97. The molecule has 1 aromatic carbocycles. The fourth-order valence-electron chi connectivity index (χ4n) is 2.54. The van der Waals surface area contributed by atoms with Crippen molar-refractivity contribution in [1.29, 1.82) is 0 Å². The lowest BCUT2D eigenvalue weighted by atomic mass is 10.2. The molecule has 0 spiro atoms. The van der Waals surface area contributed by atoms with Gasteiger partial charge in [0.25, 0.3) is 5.69 Å². The molecular weight excluding hydrogens is 384 g/mol. The van der Waals surface area contributed by atoms with E-state index in [1.54, 1.807) is 18.2 Å². The second-order valence-corrected chi connectivity index (χ2v) is 6.97. The van der Waals surface area contributed by atoms with Crippen LogP contribution in [0.4, 0.5) is 11.6 Å². The highest BCUT2D eigenvalue weighted by Gasteiger charge is 2.14. The van der Waals surface area contributed by atoms with Gasteiger partial charge in [-0.3, -0.25) is 14.9 Å². The molecule has 2 aromatic rings. The maximum atomic E-state index is 11.8. The maximum Gasteiger partial charge on any atom is 0.269 e. The minimum atomic E-state index is -0.439. The van der Waals surface area contributed by atoms with Crippen LogP contribution in [-0.4, -0.2) is 49.1 Å². The minimum absolute atomic E-state index is 0.0514. The Bertz CT molecular complexity index is 831. The number of hydrazone groups is 1. The van der Waals surface area contributed by atoms with E-state index in [1.165, 1.54) is 30.1 Å². The number of hydrogen-bond acceptors (Lipinski definition) is 8. The van der Waals surface area contributed by atoms with E-state index < -0.39 is 4.92 Å². The van der Waals surface area contributed by atoms with Crippen molar-refractivity contribution in [1.82, 2.24) is 5.43 Å². The van der Waals surface area contributed by atoms with Crippen molar-refractivity contribution in [3.8, 4) is 0 Å². The highest BCUT2D eigenvalue weighted by atomic mass is 32.2. The van der Waals surface area contributed by atoms with Gasteiger partial charge in [-0.25, -0.2) is 5.43 Å². The Morgan fingerprint density at radius 1 is 1.25 bits per heavy atom. The molecule has 1 saturated heterocycles. The molecule has 1 amide bonds. The molecule has 0 radical (unpaired) electrons. The van der Waals surface area contributed by atoms with Crippen molar-refractivity contribution < 1.29 is 18.9 Å². The van der Waals surface area contributed by atoms with E-state index in [4.69, 9.17) is 9.15 Å². The van der Waals surface area contributed by atoms with Gasteiger partial charge in [0.05, 0.1) is 30.1 Å². The first-order chi connectivity index (χ1) is 13.6. The van der Waals surface area contributed by atoms with E-state index in [9.17, 15) is 14.9 Å². The Balaban J connectivity index is 1.38. The number of anilines is 1. The highest BCUT2D eigenvalue weighted by Crippen LogP contribution is 2.19. The zero-order valence-corrected chi connectivity index (χ0v) is 15.9. The second kappa shape index (κ2) is 9.90. The molecule has 28 heavy (non-hydrogen) atoms. The molecule has 10 heteroatoms. The molecule has 148 valence electrons. The van der Waals surface area contributed by atoms with Crippen LogP contribution in [0.5, 0.6) is 0 Å². The molecule has 1 aromatic heterocycles. The van der Waals surface area contributed by atoms with Gasteiger partial charge < -0.3 is 14.1 Å². The Morgan fingerprint density at radius 3 is 2.71 bits per heavy atom. The molecule has 0 atom stereocenters. The quantitative estimate of drug-likeness (QED) is 0.409. The van der Waals surface area contributed by atoms with E-state index in [0.717, 1.165) is 24.5 Å². The summed E-state index contributed by atoms with van der Waals surface area (Å²) in [6, 6.07) is 9.94. The fraction of sp³-hybridized carbons (Fsp3) is 0.333. The minimum Gasteiger partial charge on any atom is -0.440 e. The first-order valence-corrected chi connectivity index (χ1v) is 9.83. The van der Waals surface area contributed by atoms with Crippen molar-refractivity contribution in [2.24, 2.45) is 5.10 Å². The number of amides is 1. The third kappa shape index (κ3) is 5.83. The number of carbonyl (C=O) groups excluding carboxylic acids is 1. The Morgan fingerprint density at radius 2 is 2.00 bits per heavy atom. The number of non-ortho nitro benzene ring substituents is 1. The number of nitrogens with one attached hydrogen (secondary N) is 1. The number of nitro benzene ring substituents is 1. The number of furan rings is 1. The molecule has 0 unspecified atom stereocenters. The first kappa shape index (κ1) is 19.9. The van der Waals surface area contributed by atoms with Crippen LogP contribution in [0.1, 0.15) is 11.3 Å². The predicted molar refractivity (Wildman–Crippen MR) is 107 cm³/mol. The van der Waals surface area contributed by atoms with Crippen LogP contribution in [0.2, 0.25) is 0 Å². The Kier molecular flexibility index (Phi) is 7.04. The first-order valence-electron chi connectivity index (χ1n) is 8.67. The summed E-state index contributed by atoms with van der Waals surface area (Å²) in [5.41, 5.74) is 3.42. The molecule has 1 N–H and O–H groups in total. The van der Waals surface area contributed by atoms with Gasteiger partial charge in [0.2, 0.25) is 5.91 Å². The molecular formula is C18H20N4O5S. The number of ether oxygens (including phenoxy) is 1. The molecule has 0 aliphatic carbocycles. The summed E-state index contributed by atoms with van der Waals surface area (Å²) in [6.07, 6.45) is 1.46. The van der Waals surface area contributed by atoms with E-state index in [-0.39, 0.29) is 17.3 Å². The van der Waals surface area contributed by atoms with Gasteiger partial charge in [-0.05, 0) is 11.6 Å². The summed E-state index contributed by atoms with van der Waals surface area (Å²) in [6.45, 7) is 2.93. The molecule has 2 heterocycles. The van der Waals surface area contributed by atoms with Gasteiger partial charge in [-0.15, -0.1) is 11.8 Å². The average Bonchev–Trinajstić information content (AvgIpc) is 3.18. The summed E-state index contributed by atoms with van der Waals surface area (Å²) in [7, 11) is 0. The average molecular weight is 404 g/mol. The van der Waals surface area contributed by atoms with Crippen molar-refractivity contribution in [2.75, 3.05) is 37.0 Å². The van der Waals surface area contributed by atoms with Crippen LogP contribution < -0.4 is 10.3 Å². The zero-order valence-electron chi connectivity index (χ0n) is 15.1. The molecule has 0 bridgehead atoms.